The van der Waals surface area contributed by atoms with Crippen molar-refractivity contribution in [2.75, 3.05) is 13.1 Å². The third-order valence-electron chi connectivity index (χ3n) is 2.17. The Balaban J connectivity index is 2.40. The van der Waals surface area contributed by atoms with Gasteiger partial charge in [0.2, 0.25) is 0 Å². The van der Waals surface area contributed by atoms with Crippen molar-refractivity contribution in [1.29, 1.82) is 0 Å². The van der Waals surface area contributed by atoms with Crippen LogP contribution < -0.4 is 0 Å². The van der Waals surface area contributed by atoms with E-state index in [0.29, 0.717) is 6.04 Å². The number of hydrogen-bond donors (Lipinski definition) is 1. The summed E-state index contributed by atoms with van der Waals surface area (Å²) in [6.07, 6.45) is 3.97. The summed E-state index contributed by atoms with van der Waals surface area (Å²) >= 11 is 0. The number of rotatable bonds is 3. The lowest BCUT2D eigenvalue weighted by molar-refractivity contribution is 0.294. The lowest BCUT2D eigenvalue weighted by atomic mass is 10.2. The number of nitrogens with zero attached hydrogens (tertiary/aromatic N) is 2. The van der Waals surface area contributed by atoms with Gasteiger partial charge in [-0.25, -0.2) is 0 Å². The van der Waals surface area contributed by atoms with Gasteiger partial charge in [-0.15, -0.1) is 5.16 Å². The fraction of sp³-hybridized carbons (Fsp3) is 0.778. The Labute approximate surface area is 74.1 Å². The zero-order valence-electron chi connectivity index (χ0n) is 7.82. The largest absolute Gasteiger partial charge is 0.411 e. The van der Waals surface area contributed by atoms with E-state index in [1.54, 1.807) is 6.21 Å². The van der Waals surface area contributed by atoms with Crippen molar-refractivity contribution in [2.45, 2.75) is 32.7 Å². The monoisotopic (exact) mass is 169 g/mol. The minimum Gasteiger partial charge on any atom is -0.411 e. The Hall–Kier alpha value is -0.570. The first-order valence-electron chi connectivity index (χ1n) is 4.44. The van der Waals surface area contributed by atoms with E-state index in [-0.39, 0.29) is 0 Å². The molecule has 0 aromatic heterocycles. The van der Waals surface area contributed by atoms with E-state index in [1.165, 1.54) is 12.3 Å². The standard InChI is InChI=1S/C9H17N2O/c1-8(2)7-11-5-3-4-9(11)6-10-12/h6,9,12H,3-5,7H2,1-2H3/t9-/m0/s1. The van der Waals surface area contributed by atoms with Crippen LogP contribution in [-0.4, -0.2) is 35.5 Å². The van der Waals surface area contributed by atoms with Gasteiger partial charge in [-0.3, -0.25) is 4.90 Å². The maximum Gasteiger partial charge on any atom is 0.0607 e. The Bertz CT molecular complexity index is 157. The molecule has 3 nitrogen and oxygen atoms in total. The van der Waals surface area contributed by atoms with Crippen LogP contribution in [0.3, 0.4) is 0 Å². The molecule has 1 radical (unpaired) electrons. The maximum absolute atomic E-state index is 8.41. The van der Waals surface area contributed by atoms with Gasteiger partial charge in [0.25, 0.3) is 0 Å². The normalized spacial score (nSPS) is 26.1. The predicted octanol–water partition coefficient (Wildman–Crippen LogP) is 1.53. The van der Waals surface area contributed by atoms with E-state index in [2.05, 4.69) is 23.9 Å². The number of oxime groups is 1. The molecule has 0 saturated carbocycles. The highest BCUT2D eigenvalue weighted by atomic mass is 16.4. The van der Waals surface area contributed by atoms with Gasteiger partial charge in [-0.1, -0.05) is 13.8 Å². The van der Waals surface area contributed by atoms with Crippen LogP contribution in [0.4, 0.5) is 0 Å². The molecule has 0 unspecified atom stereocenters. The first-order chi connectivity index (χ1) is 5.74. The molecular formula is C9H17N2O. The molecular weight excluding hydrogens is 152 g/mol. The number of hydrogen-bond acceptors (Lipinski definition) is 3. The summed E-state index contributed by atoms with van der Waals surface area (Å²) in [6, 6.07) is 0.352. The molecule has 0 spiro atoms. The highest BCUT2D eigenvalue weighted by molar-refractivity contribution is 5.64. The molecule has 1 aliphatic heterocycles. The zero-order chi connectivity index (χ0) is 8.97. The Kier molecular flexibility index (Phi) is 3.53. The summed E-state index contributed by atoms with van der Waals surface area (Å²) in [4.78, 5) is 2.34. The van der Waals surface area contributed by atoms with Crippen LogP contribution in [0.5, 0.6) is 0 Å². The molecule has 1 atom stereocenters. The summed E-state index contributed by atoms with van der Waals surface area (Å²) in [6.45, 7) is 6.41. The second-order valence-electron chi connectivity index (χ2n) is 3.65. The van der Waals surface area contributed by atoms with Gasteiger partial charge in [0.05, 0.1) is 6.21 Å². The smallest absolute Gasteiger partial charge is 0.0607 e. The Morgan fingerprint density at radius 2 is 2.42 bits per heavy atom. The van der Waals surface area contributed by atoms with Crippen molar-refractivity contribution in [3.8, 4) is 0 Å². The quantitative estimate of drug-likeness (QED) is 0.395. The molecule has 0 aliphatic carbocycles. The topological polar surface area (TPSA) is 35.8 Å². The molecule has 1 fully saturated rings. The minimum atomic E-state index is 0.352. The van der Waals surface area contributed by atoms with Crippen LogP contribution in [0.25, 0.3) is 0 Å². The molecule has 0 aromatic carbocycles. The lowest BCUT2D eigenvalue weighted by Gasteiger charge is -2.22. The van der Waals surface area contributed by atoms with Gasteiger partial charge in [0.1, 0.15) is 0 Å². The van der Waals surface area contributed by atoms with Crippen molar-refractivity contribution in [1.82, 2.24) is 4.90 Å². The van der Waals surface area contributed by atoms with Crippen molar-refractivity contribution in [3.05, 3.63) is 5.92 Å². The van der Waals surface area contributed by atoms with E-state index in [1.807, 2.05) is 0 Å². The molecule has 1 N–H and O–H groups in total. The second-order valence-corrected chi connectivity index (χ2v) is 3.65. The van der Waals surface area contributed by atoms with Gasteiger partial charge in [0, 0.05) is 12.6 Å². The van der Waals surface area contributed by atoms with E-state index < -0.39 is 0 Å². The molecule has 0 bridgehead atoms. The number of likely N-dealkylation sites (tertiary alicyclic amines) is 1. The highest BCUT2D eigenvalue weighted by Gasteiger charge is 2.23. The summed E-state index contributed by atoms with van der Waals surface area (Å²) in [5, 5.41) is 11.5. The summed E-state index contributed by atoms with van der Waals surface area (Å²) in [5.74, 6) is 1.41. The predicted molar refractivity (Wildman–Crippen MR) is 49.5 cm³/mol. The fourth-order valence-corrected chi connectivity index (χ4v) is 1.70. The summed E-state index contributed by atoms with van der Waals surface area (Å²) in [5.41, 5.74) is 0. The van der Waals surface area contributed by atoms with E-state index >= 15 is 0 Å². The highest BCUT2D eigenvalue weighted by Crippen LogP contribution is 2.17. The molecule has 1 rings (SSSR count). The molecule has 3 heteroatoms. The molecule has 1 aliphatic rings. The molecule has 1 heterocycles. The third-order valence-corrected chi connectivity index (χ3v) is 2.17. The molecule has 1 saturated heterocycles. The van der Waals surface area contributed by atoms with Crippen LogP contribution in [0.1, 0.15) is 26.7 Å². The second kappa shape index (κ2) is 4.45. The zero-order valence-corrected chi connectivity index (χ0v) is 7.82. The van der Waals surface area contributed by atoms with E-state index in [0.717, 1.165) is 19.5 Å². The van der Waals surface area contributed by atoms with E-state index in [4.69, 9.17) is 5.21 Å². The maximum atomic E-state index is 8.41. The average molecular weight is 169 g/mol. The molecule has 69 valence electrons. The van der Waals surface area contributed by atoms with Crippen molar-refractivity contribution >= 4 is 6.21 Å². The average Bonchev–Trinajstić information content (AvgIpc) is 2.37. The lowest BCUT2D eigenvalue weighted by Crippen LogP contribution is -2.33. The van der Waals surface area contributed by atoms with Crippen molar-refractivity contribution in [2.24, 2.45) is 5.16 Å². The van der Waals surface area contributed by atoms with Crippen LogP contribution in [0.2, 0.25) is 0 Å². The SMILES string of the molecule is C[C](C)CN1CCC[C@H]1C=NO. The first kappa shape index (κ1) is 9.52. The first-order valence-corrected chi connectivity index (χ1v) is 4.44. The summed E-state index contributed by atoms with van der Waals surface area (Å²) in [7, 11) is 0. The molecule has 0 aromatic rings. The van der Waals surface area contributed by atoms with Gasteiger partial charge >= 0.3 is 0 Å². The van der Waals surface area contributed by atoms with Crippen LogP contribution >= 0.6 is 0 Å². The van der Waals surface area contributed by atoms with Gasteiger partial charge < -0.3 is 5.21 Å². The van der Waals surface area contributed by atoms with E-state index in [9.17, 15) is 0 Å². The minimum absolute atomic E-state index is 0.352. The fourth-order valence-electron chi connectivity index (χ4n) is 1.70. The molecule has 12 heavy (non-hydrogen) atoms. The third kappa shape index (κ3) is 2.48. The molecule has 0 amide bonds. The Morgan fingerprint density at radius 3 is 3.00 bits per heavy atom. The summed E-state index contributed by atoms with van der Waals surface area (Å²) < 4.78 is 0. The van der Waals surface area contributed by atoms with Crippen molar-refractivity contribution < 1.29 is 5.21 Å². The van der Waals surface area contributed by atoms with Gasteiger partial charge in [0.15, 0.2) is 0 Å². The van der Waals surface area contributed by atoms with Gasteiger partial charge in [-0.05, 0) is 25.3 Å². The van der Waals surface area contributed by atoms with Crippen LogP contribution in [-0.2, 0) is 0 Å². The van der Waals surface area contributed by atoms with Crippen molar-refractivity contribution in [3.63, 3.8) is 0 Å². The van der Waals surface area contributed by atoms with Crippen LogP contribution in [0.15, 0.2) is 5.16 Å². The Morgan fingerprint density at radius 1 is 1.67 bits per heavy atom. The van der Waals surface area contributed by atoms with Crippen LogP contribution in [0, 0.1) is 5.92 Å². The van der Waals surface area contributed by atoms with Gasteiger partial charge in [-0.2, -0.15) is 0 Å².